The van der Waals surface area contributed by atoms with Crippen LogP contribution in [0.4, 0.5) is 18.9 Å². The summed E-state index contributed by atoms with van der Waals surface area (Å²) in [7, 11) is 0. The van der Waals surface area contributed by atoms with Crippen molar-refractivity contribution in [2.45, 2.75) is 19.6 Å². The highest BCUT2D eigenvalue weighted by Crippen LogP contribution is 2.50. The van der Waals surface area contributed by atoms with Gasteiger partial charge in [0.1, 0.15) is 23.4 Å². The Bertz CT molecular complexity index is 1340. The number of anilines is 1. The van der Waals surface area contributed by atoms with Gasteiger partial charge in [-0.15, -0.1) is 0 Å². The Morgan fingerprint density at radius 1 is 0.912 bits per heavy atom. The topological polar surface area (TPSA) is 30.5 Å². The fourth-order valence-corrected chi connectivity index (χ4v) is 4.43. The number of hydrogen-bond donors (Lipinski definition) is 1. The van der Waals surface area contributed by atoms with Crippen LogP contribution in [-0.2, 0) is 0 Å². The van der Waals surface area contributed by atoms with E-state index in [2.05, 4.69) is 5.32 Å². The van der Waals surface area contributed by atoms with Crippen LogP contribution in [0.15, 0.2) is 84.9 Å². The van der Waals surface area contributed by atoms with Gasteiger partial charge < -0.3 is 14.8 Å². The minimum Gasteiger partial charge on any atom is -0.480 e. The lowest BCUT2D eigenvalue weighted by Gasteiger charge is -2.31. The van der Waals surface area contributed by atoms with Gasteiger partial charge in [0.25, 0.3) is 0 Å². The van der Waals surface area contributed by atoms with Gasteiger partial charge in [-0.1, -0.05) is 48.5 Å². The molecule has 6 heteroatoms. The normalized spacial score (nSPS) is 14.2. The molecule has 1 unspecified atom stereocenters. The first-order chi connectivity index (χ1) is 16.5. The van der Waals surface area contributed by atoms with E-state index in [-0.39, 0.29) is 11.6 Å². The lowest BCUT2D eigenvalue weighted by molar-refractivity contribution is -0.0496. The van der Waals surface area contributed by atoms with E-state index in [4.69, 9.17) is 9.47 Å². The number of ether oxygens (including phenoxy) is 2. The largest absolute Gasteiger partial charge is 0.480 e. The van der Waals surface area contributed by atoms with Crippen molar-refractivity contribution in [1.29, 1.82) is 0 Å². The van der Waals surface area contributed by atoms with Crippen molar-refractivity contribution in [3.8, 4) is 33.8 Å². The Hall–Kier alpha value is -3.93. The maximum Gasteiger partial charge on any atom is 0.387 e. The van der Waals surface area contributed by atoms with Crippen molar-refractivity contribution in [2.24, 2.45) is 0 Å². The van der Waals surface area contributed by atoms with Gasteiger partial charge >= 0.3 is 6.61 Å². The molecule has 34 heavy (non-hydrogen) atoms. The SMILES string of the molecule is CCNc1ccccc1-c1ccc2c(c1)C(c1cccc(F)c1)Oc1cccc(OC(F)F)c1-2. The van der Waals surface area contributed by atoms with Crippen molar-refractivity contribution in [3.05, 3.63) is 102 Å². The molecule has 1 aliphatic heterocycles. The molecule has 0 radical (unpaired) electrons. The molecule has 4 aromatic carbocycles. The van der Waals surface area contributed by atoms with Crippen molar-refractivity contribution in [3.63, 3.8) is 0 Å². The minimum atomic E-state index is -2.97. The zero-order chi connectivity index (χ0) is 23.7. The van der Waals surface area contributed by atoms with E-state index in [1.165, 1.54) is 18.2 Å². The summed E-state index contributed by atoms with van der Waals surface area (Å²) in [4.78, 5) is 0. The van der Waals surface area contributed by atoms with Crippen LogP contribution < -0.4 is 14.8 Å². The average molecular weight is 461 g/mol. The summed E-state index contributed by atoms with van der Waals surface area (Å²) < 4.78 is 51.5. The Kier molecular flexibility index (Phi) is 5.88. The summed E-state index contributed by atoms with van der Waals surface area (Å²) in [6.07, 6.45) is -0.619. The van der Waals surface area contributed by atoms with Crippen LogP contribution in [0.1, 0.15) is 24.2 Å². The molecule has 5 rings (SSSR count). The molecule has 0 amide bonds. The molecule has 0 aliphatic carbocycles. The van der Waals surface area contributed by atoms with Crippen LogP contribution in [-0.4, -0.2) is 13.2 Å². The second-order valence-electron chi connectivity index (χ2n) is 7.94. The lowest BCUT2D eigenvalue weighted by Crippen LogP contribution is -2.17. The van der Waals surface area contributed by atoms with Crippen molar-refractivity contribution in [2.75, 3.05) is 11.9 Å². The third-order valence-corrected chi connectivity index (χ3v) is 5.81. The molecule has 0 spiro atoms. The molecule has 0 saturated heterocycles. The monoisotopic (exact) mass is 461 g/mol. The molecule has 172 valence electrons. The van der Waals surface area contributed by atoms with E-state index in [1.54, 1.807) is 24.3 Å². The first-order valence-corrected chi connectivity index (χ1v) is 11.0. The molecule has 1 N–H and O–H groups in total. The number of alkyl halides is 2. The van der Waals surface area contributed by atoms with E-state index < -0.39 is 12.7 Å². The van der Waals surface area contributed by atoms with Gasteiger partial charge in [-0.05, 0) is 60.0 Å². The predicted octanol–water partition coefficient (Wildman–Crippen LogP) is 7.67. The summed E-state index contributed by atoms with van der Waals surface area (Å²) in [6.45, 7) is -0.181. The van der Waals surface area contributed by atoms with Crippen LogP contribution in [0.25, 0.3) is 22.3 Å². The van der Waals surface area contributed by atoms with Crippen LogP contribution in [0.3, 0.4) is 0 Å². The van der Waals surface area contributed by atoms with Crippen LogP contribution >= 0.6 is 0 Å². The molecule has 0 aromatic heterocycles. The zero-order valence-corrected chi connectivity index (χ0v) is 18.4. The fourth-order valence-electron chi connectivity index (χ4n) is 4.43. The van der Waals surface area contributed by atoms with Crippen LogP contribution in [0.5, 0.6) is 11.5 Å². The molecule has 0 fully saturated rings. The number of fused-ring (bicyclic) bond motifs is 3. The van der Waals surface area contributed by atoms with E-state index in [0.29, 0.717) is 22.4 Å². The van der Waals surface area contributed by atoms with Gasteiger partial charge in [0.2, 0.25) is 0 Å². The van der Waals surface area contributed by atoms with E-state index in [0.717, 1.165) is 28.9 Å². The quantitative estimate of drug-likeness (QED) is 0.320. The molecular formula is C28H22F3NO2. The van der Waals surface area contributed by atoms with E-state index in [1.807, 2.05) is 49.4 Å². The summed E-state index contributed by atoms with van der Waals surface area (Å²) in [5.74, 6) is 0.0600. The third kappa shape index (κ3) is 4.07. The molecule has 1 aliphatic rings. The summed E-state index contributed by atoms with van der Waals surface area (Å²) in [5.41, 5.74) is 5.43. The van der Waals surface area contributed by atoms with E-state index >= 15 is 0 Å². The number of rotatable bonds is 6. The maximum absolute atomic E-state index is 14.1. The second kappa shape index (κ2) is 9.14. The van der Waals surface area contributed by atoms with E-state index in [9.17, 15) is 13.2 Å². The highest BCUT2D eigenvalue weighted by molar-refractivity contribution is 5.86. The molecular weight excluding hydrogens is 439 g/mol. The maximum atomic E-state index is 14.1. The van der Waals surface area contributed by atoms with Gasteiger partial charge in [-0.25, -0.2) is 4.39 Å². The van der Waals surface area contributed by atoms with Crippen molar-refractivity contribution in [1.82, 2.24) is 0 Å². The Balaban J connectivity index is 1.72. The predicted molar refractivity (Wildman–Crippen MR) is 127 cm³/mol. The lowest BCUT2D eigenvalue weighted by atomic mass is 9.86. The highest BCUT2D eigenvalue weighted by Gasteiger charge is 2.31. The Morgan fingerprint density at radius 3 is 2.53 bits per heavy atom. The molecule has 1 atom stereocenters. The first-order valence-electron chi connectivity index (χ1n) is 11.0. The third-order valence-electron chi connectivity index (χ3n) is 5.81. The second-order valence-corrected chi connectivity index (χ2v) is 7.94. The highest BCUT2D eigenvalue weighted by atomic mass is 19.3. The van der Waals surface area contributed by atoms with Crippen molar-refractivity contribution < 1.29 is 22.6 Å². The first kappa shape index (κ1) is 21.9. The number of hydrogen-bond acceptors (Lipinski definition) is 3. The molecule has 4 aromatic rings. The van der Waals surface area contributed by atoms with Crippen LogP contribution in [0.2, 0.25) is 0 Å². The Labute approximate surface area is 195 Å². The van der Waals surface area contributed by atoms with Crippen LogP contribution in [0, 0.1) is 5.82 Å². The van der Waals surface area contributed by atoms with Crippen molar-refractivity contribution >= 4 is 5.69 Å². The molecule has 0 bridgehead atoms. The van der Waals surface area contributed by atoms with Gasteiger partial charge in [0.05, 0.1) is 5.56 Å². The molecule has 3 nitrogen and oxygen atoms in total. The minimum absolute atomic E-state index is 0.0345. The average Bonchev–Trinajstić information content (AvgIpc) is 2.83. The van der Waals surface area contributed by atoms with Gasteiger partial charge in [-0.3, -0.25) is 0 Å². The van der Waals surface area contributed by atoms with Gasteiger partial charge in [0, 0.05) is 23.4 Å². The van der Waals surface area contributed by atoms with Gasteiger partial charge in [-0.2, -0.15) is 8.78 Å². The summed E-state index contributed by atoms with van der Waals surface area (Å²) in [5, 5.41) is 3.37. The fraction of sp³-hybridized carbons (Fsp3) is 0.143. The number of para-hydroxylation sites is 1. The Morgan fingerprint density at radius 2 is 1.74 bits per heavy atom. The number of halogens is 3. The summed E-state index contributed by atoms with van der Waals surface area (Å²) in [6, 6.07) is 24.8. The number of benzene rings is 4. The summed E-state index contributed by atoms with van der Waals surface area (Å²) >= 11 is 0. The smallest absolute Gasteiger partial charge is 0.387 e. The number of nitrogens with one attached hydrogen (secondary N) is 1. The molecule has 0 saturated carbocycles. The van der Waals surface area contributed by atoms with Gasteiger partial charge in [0.15, 0.2) is 0 Å². The standard InChI is InChI=1S/C28H22F3NO2/c1-2-32-23-10-4-3-9-20(23)17-13-14-21-22(16-17)27(18-7-5-8-19(29)15-18)33-24-11-6-12-25(26(21)24)34-28(30)31/h3-16,27-28,32H,2H2,1H3. The zero-order valence-electron chi connectivity index (χ0n) is 18.4. The molecule has 1 heterocycles.